The van der Waals surface area contributed by atoms with Crippen LogP contribution in [0.2, 0.25) is 0 Å². The third kappa shape index (κ3) is 7.28. The van der Waals surface area contributed by atoms with Gasteiger partial charge in [0, 0.05) is 26.0 Å². The molecule has 0 bridgehead atoms. The van der Waals surface area contributed by atoms with Gasteiger partial charge in [-0.05, 0) is 49.4 Å². The summed E-state index contributed by atoms with van der Waals surface area (Å²) in [6.07, 6.45) is 4.52. The molecule has 1 saturated heterocycles. The monoisotopic (exact) mass is 365 g/mol. The lowest BCUT2D eigenvalue weighted by atomic mass is 9.90. The van der Waals surface area contributed by atoms with E-state index in [2.05, 4.69) is 47.4 Å². The summed E-state index contributed by atoms with van der Waals surface area (Å²) in [4.78, 5) is 14.8. The number of hydrogen-bond acceptors (Lipinski definition) is 3. The molecule has 27 heavy (non-hydrogen) atoms. The van der Waals surface area contributed by atoms with Crippen LogP contribution in [0.25, 0.3) is 0 Å². The van der Waals surface area contributed by atoms with E-state index < -0.39 is 0 Å². The number of nitrogens with zero attached hydrogens (tertiary/aromatic N) is 1. The summed E-state index contributed by atoms with van der Waals surface area (Å²) in [5.74, 6) is 0.967. The van der Waals surface area contributed by atoms with Crippen molar-refractivity contribution in [1.82, 2.24) is 4.90 Å². The molecule has 2 aromatic carbocycles. The summed E-state index contributed by atoms with van der Waals surface area (Å²) in [6, 6.07) is 20.8. The predicted molar refractivity (Wildman–Crippen MR) is 109 cm³/mol. The van der Waals surface area contributed by atoms with Crippen molar-refractivity contribution in [2.24, 2.45) is 5.92 Å². The van der Waals surface area contributed by atoms with E-state index in [4.69, 9.17) is 4.74 Å². The highest BCUT2D eigenvalue weighted by molar-refractivity contribution is 5.78. The number of carbonyl (C=O) groups is 1. The molecule has 0 spiro atoms. The number of ketones is 1. The van der Waals surface area contributed by atoms with Gasteiger partial charge in [-0.3, -0.25) is 9.69 Å². The van der Waals surface area contributed by atoms with Gasteiger partial charge in [-0.15, -0.1) is 0 Å². The Morgan fingerprint density at radius 2 is 1.56 bits per heavy atom. The molecular formula is C24H31NO2. The Kier molecular flexibility index (Phi) is 8.06. The van der Waals surface area contributed by atoms with Crippen molar-refractivity contribution < 1.29 is 9.53 Å². The molecule has 0 unspecified atom stereocenters. The normalized spacial score (nSPS) is 15.7. The zero-order chi connectivity index (χ0) is 18.7. The van der Waals surface area contributed by atoms with Crippen molar-refractivity contribution in [3.63, 3.8) is 0 Å². The van der Waals surface area contributed by atoms with E-state index in [0.29, 0.717) is 31.3 Å². The summed E-state index contributed by atoms with van der Waals surface area (Å²) in [5, 5.41) is 0. The third-order valence-corrected chi connectivity index (χ3v) is 5.33. The molecule has 0 saturated carbocycles. The van der Waals surface area contributed by atoms with E-state index in [1.165, 1.54) is 11.1 Å². The first-order valence-corrected chi connectivity index (χ1v) is 10.2. The molecule has 0 aromatic heterocycles. The maximum atomic E-state index is 12.2. The van der Waals surface area contributed by atoms with Gasteiger partial charge >= 0.3 is 0 Å². The molecule has 1 heterocycles. The van der Waals surface area contributed by atoms with E-state index in [1.807, 2.05) is 18.2 Å². The van der Waals surface area contributed by atoms with Gasteiger partial charge in [0.1, 0.15) is 5.78 Å². The minimum absolute atomic E-state index is 0.403. The van der Waals surface area contributed by atoms with Crippen molar-refractivity contribution in [3.05, 3.63) is 71.8 Å². The second-order valence-electron chi connectivity index (χ2n) is 7.59. The van der Waals surface area contributed by atoms with Gasteiger partial charge in [-0.1, -0.05) is 60.7 Å². The molecule has 0 N–H and O–H groups in total. The lowest BCUT2D eigenvalue weighted by molar-refractivity contribution is -0.120. The minimum atomic E-state index is 0.403. The standard InChI is InChI=1S/C24H31NO2/c26-24(12-7-17-27-20-23-10-5-2-6-11-23)18-21-13-15-25(16-14-21)19-22-8-3-1-4-9-22/h1-6,8-11,21H,7,12-20H2. The Balaban J connectivity index is 1.25. The quantitative estimate of drug-likeness (QED) is 0.564. The van der Waals surface area contributed by atoms with Crippen LogP contribution in [0, 0.1) is 5.92 Å². The fourth-order valence-electron chi connectivity index (χ4n) is 3.75. The number of carbonyl (C=O) groups excluding carboxylic acids is 1. The molecular weight excluding hydrogens is 334 g/mol. The van der Waals surface area contributed by atoms with Crippen LogP contribution >= 0.6 is 0 Å². The smallest absolute Gasteiger partial charge is 0.133 e. The number of ether oxygens (including phenoxy) is 1. The highest BCUT2D eigenvalue weighted by atomic mass is 16.5. The molecule has 0 amide bonds. The van der Waals surface area contributed by atoms with Crippen LogP contribution < -0.4 is 0 Å². The summed E-state index contributed by atoms with van der Waals surface area (Å²) in [6.45, 7) is 4.53. The van der Waals surface area contributed by atoms with E-state index in [9.17, 15) is 4.79 Å². The highest BCUT2D eigenvalue weighted by Gasteiger charge is 2.21. The minimum Gasteiger partial charge on any atom is -0.377 e. The molecule has 1 aliphatic heterocycles. The third-order valence-electron chi connectivity index (χ3n) is 5.33. The van der Waals surface area contributed by atoms with Crippen molar-refractivity contribution >= 4 is 5.78 Å². The first-order valence-electron chi connectivity index (χ1n) is 10.2. The summed E-state index contributed by atoms with van der Waals surface area (Å²) < 4.78 is 5.67. The first kappa shape index (κ1) is 19.8. The van der Waals surface area contributed by atoms with Gasteiger partial charge in [-0.25, -0.2) is 0 Å². The van der Waals surface area contributed by atoms with Gasteiger partial charge in [0.2, 0.25) is 0 Å². The average molecular weight is 366 g/mol. The predicted octanol–water partition coefficient (Wildman–Crippen LogP) is 4.85. The van der Waals surface area contributed by atoms with Crippen molar-refractivity contribution in [2.75, 3.05) is 19.7 Å². The fourth-order valence-corrected chi connectivity index (χ4v) is 3.75. The van der Waals surface area contributed by atoms with Crippen LogP contribution in [0.5, 0.6) is 0 Å². The molecule has 3 nitrogen and oxygen atoms in total. The Hall–Kier alpha value is -1.97. The Morgan fingerprint density at radius 1 is 0.926 bits per heavy atom. The van der Waals surface area contributed by atoms with Gasteiger partial charge in [0.15, 0.2) is 0 Å². The Bertz CT molecular complexity index is 663. The largest absolute Gasteiger partial charge is 0.377 e. The van der Waals surface area contributed by atoms with E-state index in [0.717, 1.165) is 45.3 Å². The Morgan fingerprint density at radius 3 is 2.22 bits per heavy atom. The summed E-state index contributed by atoms with van der Waals surface area (Å²) in [5.41, 5.74) is 2.56. The van der Waals surface area contributed by atoms with Gasteiger partial charge < -0.3 is 4.74 Å². The average Bonchev–Trinajstić information content (AvgIpc) is 2.71. The van der Waals surface area contributed by atoms with Gasteiger partial charge in [0.25, 0.3) is 0 Å². The van der Waals surface area contributed by atoms with Crippen molar-refractivity contribution in [2.45, 2.75) is 45.3 Å². The lowest BCUT2D eigenvalue weighted by Crippen LogP contribution is -2.33. The maximum Gasteiger partial charge on any atom is 0.133 e. The second kappa shape index (κ2) is 11.0. The number of piperidine rings is 1. The molecule has 0 atom stereocenters. The molecule has 3 heteroatoms. The summed E-state index contributed by atoms with van der Waals surface area (Å²) in [7, 11) is 0. The van der Waals surface area contributed by atoms with Crippen LogP contribution in [0.3, 0.4) is 0 Å². The highest BCUT2D eigenvalue weighted by Crippen LogP contribution is 2.22. The molecule has 1 fully saturated rings. The molecule has 3 rings (SSSR count). The molecule has 144 valence electrons. The summed E-state index contributed by atoms with van der Waals surface area (Å²) >= 11 is 0. The lowest BCUT2D eigenvalue weighted by Gasteiger charge is -2.31. The molecule has 2 aromatic rings. The fraction of sp³-hybridized carbons (Fsp3) is 0.458. The molecule has 0 aliphatic carbocycles. The van der Waals surface area contributed by atoms with Crippen molar-refractivity contribution in [1.29, 1.82) is 0 Å². The number of Topliss-reactive ketones (excluding diaryl/α,β-unsaturated/α-hetero) is 1. The van der Waals surface area contributed by atoms with Gasteiger partial charge in [0.05, 0.1) is 6.61 Å². The van der Waals surface area contributed by atoms with Crippen molar-refractivity contribution in [3.8, 4) is 0 Å². The van der Waals surface area contributed by atoms with Crippen LogP contribution in [0.4, 0.5) is 0 Å². The Labute approximate surface area is 163 Å². The maximum absolute atomic E-state index is 12.2. The van der Waals surface area contributed by atoms with Crippen LogP contribution in [0.1, 0.15) is 43.2 Å². The SMILES string of the molecule is O=C(CCCOCc1ccccc1)CC1CCN(Cc2ccccc2)CC1. The van der Waals surface area contributed by atoms with Crippen LogP contribution in [0.15, 0.2) is 60.7 Å². The molecule has 0 radical (unpaired) electrons. The number of likely N-dealkylation sites (tertiary alicyclic amines) is 1. The number of rotatable bonds is 10. The van der Waals surface area contributed by atoms with E-state index in [1.54, 1.807) is 0 Å². The number of hydrogen-bond donors (Lipinski definition) is 0. The van der Waals surface area contributed by atoms with Crippen LogP contribution in [-0.4, -0.2) is 30.4 Å². The van der Waals surface area contributed by atoms with Gasteiger partial charge in [-0.2, -0.15) is 0 Å². The number of benzene rings is 2. The topological polar surface area (TPSA) is 29.5 Å². The zero-order valence-electron chi connectivity index (χ0n) is 16.2. The second-order valence-corrected chi connectivity index (χ2v) is 7.59. The van der Waals surface area contributed by atoms with E-state index in [-0.39, 0.29) is 0 Å². The first-order chi connectivity index (χ1) is 13.3. The van der Waals surface area contributed by atoms with E-state index >= 15 is 0 Å². The van der Waals surface area contributed by atoms with Crippen LogP contribution in [-0.2, 0) is 22.7 Å². The molecule has 1 aliphatic rings. The zero-order valence-corrected chi connectivity index (χ0v) is 16.2.